The number of ether oxygens (including phenoxy) is 1. The Kier molecular flexibility index (Phi) is 5.93. The number of hydrogen-bond acceptors (Lipinski definition) is 3. The number of hydrogen-bond donors (Lipinski definition) is 1. The molecule has 0 aromatic heterocycles. The van der Waals surface area contributed by atoms with Gasteiger partial charge >= 0.3 is 0 Å². The molecule has 0 bridgehead atoms. The Balaban J connectivity index is 1.84. The molecule has 0 saturated heterocycles. The highest BCUT2D eigenvalue weighted by molar-refractivity contribution is 5.92. The third-order valence-electron chi connectivity index (χ3n) is 2.81. The standard InChI is InChI=1S/C18H18N2O2/c1-2-22-17-11-8-16(9-12-17)14-19-20-18(21)13-10-15-6-4-3-5-7-15/h3-14H,2H2,1H3,(H,20,21)/b13-10+,19-14?. The Hall–Kier alpha value is -2.88. The largest absolute Gasteiger partial charge is 0.494 e. The lowest BCUT2D eigenvalue weighted by atomic mass is 10.2. The van der Waals surface area contributed by atoms with Crippen LogP contribution in [0.1, 0.15) is 18.1 Å². The lowest BCUT2D eigenvalue weighted by Crippen LogP contribution is -2.14. The van der Waals surface area contributed by atoms with E-state index in [1.807, 2.05) is 61.5 Å². The number of amides is 1. The summed E-state index contributed by atoms with van der Waals surface area (Å²) in [5.74, 6) is 0.542. The summed E-state index contributed by atoms with van der Waals surface area (Å²) < 4.78 is 5.35. The molecule has 2 aromatic carbocycles. The van der Waals surface area contributed by atoms with Crippen LogP contribution in [0.15, 0.2) is 65.8 Å². The molecule has 0 radical (unpaired) electrons. The first-order valence-electron chi connectivity index (χ1n) is 7.07. The minimum Gasteiger partial charge on any atom is -0.494 e. The van der Waals surface area contributed by atoms with Crippen molar-refractivity contribution in [2.45, 2.75) is 6.92 Å². The third-order valence-corrected chi connectivity index (χ3v) is 2.81. The van der Waals surface area contributed by atoms with Crippen LogP contribution in [0.2, 0.25) is 0 Å². The molecule has 0 unspecified atom stereocenters. The Morgan fingerprint density at radius 2 is 1.82 bits per heavy atom. The molecule has 0 aliphatic carbocycles. The first-order chi connectivity index (χ1) is 10.8. The van der Waals surface area contributed by atoms with Crippen LogP contribution in [-0.4, -0.2) is 18.7 Å². The van der Waals surface area contributed by atoms with Crippen LogP contribution >= 0.6 is 0 Å². The topological polar surface area (TPSA) is 50.7 Å². The molecule has 0 fully saturated rings. The zero-order valence-electron chi connectivity index (χ0n) is 12.4. The van der Waals surface area contributed by atoms with Gasteiger partial charge in [-0.25, -0.2) is 5.43 Å². The van der Waals surface area contributed by atoms with E-state index in [4.69, 9.17) is 4.74 Å². The molecule has 4 heteroatoms. The SMILES string of the molecule is CCOc1ccc(C=NNC(=O)/C=C/c2ccccc2)cc1. The number of nitrogens with one attached hydrogen (secondary N) is 1. The van der Waals surface area contributed by atoms with Gasteiger partial charge in [-0.2, -0.15) is 5.10 Å². The molecule has 2 aromatic rings. The Bertz CT molecular complexity index is 647. The van der Waals surface area contributed by atoms with Crippen LogP contribution in [0.25, 0.3) is 6.08 Å². The molecule has 1 N–H and O–H groups in total. The van der Waals surface area contributed by atoms with E-state index in [1.165, 1.54) is 6.08 Å². The van der Waals surface area contributed by atoms with E-state index in [0.717, 1.165) is 16.9 Å². The average Bonchev–Trinajstić information content (AvgIpc) is 2.56. The van der Waals surface area contributed by atoms with E-state index in [-0.39, 0.29) is 5.91 Å². The van der Waals surface area contributed by atoms with E-state index < -0.39 is 0 Å². The molecule has 112 valence electrons. The number of hydrazone groups is 1. The van der Waals surface area contributed by atoms with Crippen LogP contribution in [0.5, 0.6) is 5.75 Å². The van der Waals surface area contributed by atoms with Gasteiger partial charge in [-0.1, -0.05) is 30.3 Å². The van der Waals surface area contributed by atoms with Gasteiger partial charge in [0.1, 0.15) is 5.75 Å². The molecule has 0 saturated carbocycles. The van der Waals surface area contributed by atoms with Gasteiger partial charge in [-0.15, -0.1) is 0 Å². The molecule has 0 aliphatic heterocycles. The normalized spacial score (nSPS) is 11.0. The van der Waals surface area contributed by atoms with Crippen LogP contribution in [-0.2, 0) is 4.79 Å². The van der Waals surface area contributed by atoms with Gasteiger partial charge in [-0.3, -0.25) is 4.79 Å². The van der Waals surface area contributed by atoms with Crippen molar-refractivity contribution in [1.29, 1.82) is 0 Å². The molecule has 1 amide bonds. The zero-order chi connectivity index (χ0) is 15.6. The molecule has 4 nitrogen and oxygen atoms in total. The van der Waals surface area contributed by atoms with Crippen LogP contribution in [0, 0.1) is 0 Å². The minimum absolute atomic E-state index is 0.272. The van der Waals surface area contributed by atoms with E-state index >= 15 is 0 Å². The second-order valence-electron chi connectivity index (χ2n) is 4.48. The second-order valence-corrected chi connectivity index (χ2v) is 4.48. The number of carbonyl (C=O) groups excluding carboxylic acids is 1. The van der Waals surface area contributed by atoms with Gasteiger partial charge in [-0.05, 0) is 48.4 Å². The van der Waals surface area contributed by atoms with Crippen LogP contribution < -0.4 is 10.2 Å². The summed E-state index contributed by atoms with van der Waals surface area (Å²) >= 11 is 0. The number of nitrogens with zero attached hydrogens (tertiary/aromatic N) is 1. The molecule has 0 heterocycles. The lowest BCUT2D eigenvalue weighted by Gasteiger charge is -2.01. The van der Waals surface area contributed by atoms with Crippen molar-refractivity contribution in [3.8, 4) is 5.75 Å². The smallest absolute Gasteiger partial charge is 0.264 e. The molecule has 2 rings (SSSR count). The molecular formula is C18H18N2O2. The monoisotopic (exact) mass is 294 g/mol. The summed E-state index contributed by atoms with van der Waals surface area (Å²) in [6, 6.07) is 17.1. The predicted molar refractivity (Wildman–Crippen MR) is 88.8 cm³/mol. The van der Waals surface area contributed by atoms with E-state index in [0.29, 0.717) is 6.61 Å². The van der Waals surface area contributed by atoms with Gasteiger partial charge in [0.25, 0.3) is 5.91 Å². The molecule has 0 atom stereocenters. The number of carbonyl (C=O) groups is 1. The molecule has 22 heavy (non-hydrogen) atoms. The maximum absolute atomic E-state index is 11.6. The van der Waals surface area contributed by atoms with Gasteiger partial charge in [0.2, 0.25) is 0 Å². The van der Waals surface area contributed by atoms with E-state index in [9.17, 15) is 4.79 Å². The summed E-state index contributed by atoms with van der Waals surface area (Å²) in [5.41, 5.74) is 4.30. The maximum atomic E-state index is 11.6. The highest BCUT2D eigenvalue weighted by Gasteiger charge is 1.94. The molecular weight excluding hydrogens is 276 g/mol. The van der Waals surface area contributed by atoms with Gasteiger partial charge in [0, 0.05) is 6.08 Å². The highest BCUT2D eigenvalue weighted by atomic mass is 16.5. The fourth-order valence-corrected chi connectivity index (χ4v) is 1.76. The van der Waals surface area contributed by atoms with E-state index in [1.54, 1.807) is 12.3 Å². The maximum Gasteiger partial charge on any atom is 0.264 e. The molecule has 0 spiro atoms. The minimum atomic E-state index is -0.272. The summed E-state index contributed by atoms with van der Waals surface area (Å²) in [4.78, 5) is 11.6. The van der Waals surface area contributed by atoms with Crippen molar-refractivity contribution in [2.75, 3.05) is 6.61 Å². The Labute approximate surface area is 130 Å². The zero-order valence-corrected chi connectivity index (χ0v) is 12.4. The van der Waals surface area contributed by atoms with Crippen molar-refractivity contribution in [1.82, 2.24) is 5.43 Å². The predicted octanol–water partition coefficient (Wildman–Crippen LogP) is 3.25. The quantitative estimate of drug-likeness (QED) is 0.505. The summed E-state index contributed by atoms with van der Waals surface area (Å²) in [5, 5.41) is 3.91. The van der Waals surface area contributed by atoms with Gasteiger partial charge in [0.05, 0.1) is 12.8 Å². The van der Waals surface area contributed by atoms with Crippen molar-refractivity contribution in [3.05, 3.63) is 71.8 Å². The third kappa shape index (κ3) is 5.25. The first-order valence-corrected chi connectivity index (χ1v) is 7.07. The Morgan fingerprint density at radius 3 is 2.50 bits per heavy atom. The van der Waals surface area contributed by atoms with Crippen molar-refractivity contribution < 1.29 is 9.53 Å². The van der Waals surface area contributed by atoms with Crippen molar-refractivity contribution >= 4 is 18.2 Å². The van der Waals surface area contributed by atoms with Crippen LogP contribution in [0.4, 0.5) is 0 Å². The van der Waals surface area contributed by atoms with Crippen molar-refractivity contribution in [2.24, 2.45) is 5.10 Å². The Morgan fingerprint density at radius 1 is 1.09 bits per heavy atom. The second kappa shape index (κ2) is 8.42. The first kappa shape index (κ1) is 15.5. The summed E-state index contributed by atoms with van der Waals surface area (Å²) in [6.45, 7) is 2.57. The number of rotatable bonds is 6. The lowest BCUT2D eigenvalue weighted by molar-refractivity contribution is -0.116. The summed E-state index contributed by atoms with van der Waals surface area (Å²) in [6.07, 6.45) is 4.77. The van der Waals surface area contributed by atoms with Crippen molar-refractivity contribution in [3.63, 3.8) is 0 Å². The fraction of sp³-hybridized carbons (Fsp3) is 0.111. The molecule has 0 aliphatic rings. The average molecular weight is 294 g/mol. The van der Waals surface area contributed by atoms with Crippen LogP contribution in [0.3, 0.4) is 0 Å². The van der Waals surface area contributed by atoms with Gasteiger partial charge < -0.3 is 4.74 Å². The summed E-state index contributed by atoms with van der Waals surface area (Å²) in [7, 11) is 0. The number of benzene rings is 2. The van der Waals surface area contributed by atoms with E-state index in [2.05, 4.69) is 10.5 Å². The van der Waals surface area contributed by atoms with Gasteiger partial charge in [0.15, 0.2) is 0 Å². The fourth-order valence-electron chi connectivity index (χ4n) is 1.76. The highest BCUT2D eigenvalue weighted by Crippen LogP contribution is 2.10.